The first-order valence-corrected chi connectivity index (χ1v) is 6.38. The van der Waals surface area contributed by atoms with Crippen molar-refractivity contribution in [2.24, 2.45) is 0 Å². The Bertz CT molecular complexity index is 701. The molecule has 0 aliphatic carbocycles. The smallest absolute Gasteiger partial charge is 0.168 e. The van der Waals surface area contributed by atoms with Crippen molar-refractivity contribution >= 4 is 0 Å². The fourth-order valence-electron chi connectivity index (χ4n) is 2.17. The molecule has 1 aromatic carbocycles. The van der Waals surface area contributed by atoms with Crippen molar-refractivity contribution in [3.8, 4) is 11.3 Å². The van der Waals surface area contributed by atoms with Gasteiger partial charge in [-0.25, -0.2) is 13.2 Å². The lowest BCUT2D eigenvalue weighted by Gasteiger charge is -2.15. The van der Waals surface area contributed by atoms with Crippen molar-refractivity contribution < 1.29 is 13.2 Å². The highest BCUT2D eigenvalue weighted by Crippen LogP contribution is 2.25. The molecule has 0 radical (unpaired) electrons. The molecule has 3 rings (SSSR count). The number of hydrogen-bond donors (Lipinski definition) is 1. The number of halogens is 3. The van der Waals surface area contributed by atoms with Gasteiger partial charge in [0, 0.05) is 30.7 Å². The third-order valence-corrected chi connectivity index (χ3v) is 3.19. The van der Waals surface area contributed by atoms with Crippen molar-refractivity contribution in [2.45, 2.75) is 6.54 Å². The van der Waals surface area contributed by atoms with Crippen molar-refractivity contribution in [3.63, 3.8) is 0 Å². The van der Waals surface area contributed by atoms with Crippen LogP contribution in [0.2, 0.25) is 0 Å². The third-order valence-electron chi connectivity index (χ3n) is 3.19. The zero-order valence-electron chi connectivity index (χ0n) is 11.0. The molecule has 1 N–H and O–H groups in total. The van der Waals surface area contributed by atoms with Crippen molar-refractivity contribution in [1.82, 2.24) is 15.2 Å². The number of hydrogen-bond acceptors (Lipinski definition) is 3. The Morgan fingerprint density at radius 1 is 1.19 bits per heavy atom. The van der Waals surface area contributed by atoms with Gasteiger partial charge in [0.25, 0.3) is 0 Å². The Labute approximate surface area is 119 Å². The molecule has 108 valence electrons. The first-order chi connectivity index (χ1) is 10.1. The van der Waals surface area contributed by atoms with E-state index < -0.39 is 17.5 Å². The molecule has 1 aliphatic rings. The van der Waals surface area contributed by atoms with Crippen LogP contribution < -0.4 is 5.32 Å². The van der Waals surface area contributed by atoms with Crippen LogP contribution in [0.1, 0.15) is 5.56 Å². The zero-order valence-corrected chi connectivity index (χ0v) is 11.0. The van der Waals surface area contributed by atoms with Gasteiger partial charge in [0.15, 0.2) is 11.6 Å². The number of rotatable bonds is 3. The van der Waals surface area contributed by atoms with Crippen molar-refractivity contribution in [2.75, 3.05) is 6.67 Å². The molecular formula is C15H12F3N3. The highest BCUT2D eigenvalue weighted by molar-refractivity contribution is 5.60. The first kappa shape index (κ1) is 13.5. The van der Waals surface area contributed by atoms with E-state index in [1.807, 2.05) is 11.1 Å². The predicted molar refractivity (Wildman–Crippen MR) is 72.2 cm³/mol. The summed E-state index contributed by atoms with van der Waals surface area (Å²) in [5.41, 5.74) is 0.286. The van der Waals surface area contributed by atoms with E-state index in [1.165, 1.54) is 24.4 Å². The van der Waals surface area contributed by atoms with Gasteiger partial charge in [-0.2, -0.15) is 0 Å². The standard InChI is InChI=1S/C15H12F3N3/c16-12-3-1-2-11(14(12)18)15-13(17)6-10(7-20-15)8-21-5-4-19-9-21/h1-7,19H,8-9H2. The lowest BCUT2D eigenvalue weighted by Crippen LogP contribution is -2.20. The van der Waals surface area contributed by atoms with Crippen LogP contribution in [0, 0.1) is 17.5 Å². The van der Waals surface area contributed by atoms with E-state index in [2.05, 4.69) is 10.3 Å². The highest BCUT2D eigenvalue weighted by Gasteiger charge is 2.16. The van der Waals surface area contributed by atoms with Crippen LogP contribution >= 0.6 is 0 Å². The monoisotopic (exact) mass is 291 g/mol. The van der Waals surface area contributed by atoms with Gasteiger partial charge < -0.3 is 10.2 Å². The largest absolute Gasteiger partial charge is 0.373 e. The second-order valence-corrected chi connectivity index (χ2v) is 4.70. The molecule has 21 heavy (non-hydrogen) atoms. The molecule has 0 spiro atoms. The Kier molecular flexibility index (Phi) is 3.51. The molecule has 3 nitrogen and oxygen atoms in total. The minimum Gasteiger partial charge on any atom is -0.373 e. The zero-order chi connectivity index (χ0) is 14.8. The summed E-state index contributed by atoms with van der Waals surface area (Å²) in [6.07, 6.45) is 5.10. The van der Waals surface area contributed by atoms with Gasteiger partial charge in [0.1, 0.15) is 11.5 Å². The van der Waals surface area contributed by atoms with Crippen molar-refractivity contribution in [1.29, 1.82) is 0 Å². The molecule has 0 amide bonds. The van der Waals surface area contributed by atoms with Crippen LogP contribution in [0.15, 0.2) is 42.9 Å². The topological polar surface area (TPSA) is 28.2 Å². The SMILES string of the molecule is Fc1cc(CN2C=CNC2)cnc1-c1cccc(F)c1F. The summed E-state index contributed by atoms with van der Waals surface area (Å²) in [5.74, 6) is -2.79. The average molecular weight is 291 g/mol. The molecule has 2 aromatic rings. The number of benzene rings is 1. The maximum absolute atomic E-state index is 14.1. The molecule has 0 atom stereocenters. The summed E-state index contributed by atoms with van der Waals surface area (Å²) in [5, 5.41) is 3.00. The molecule has 0 fully saturated rings. The van der Waals surface area contributed by atoms with Gasteiger partial charge in [-0.05, 0) is 23.8 Å². The van der Waals surface area contributed by atoms with E-state index in [0.717, 1.165) is 6.07 Å². The normalized spacial score (nSPS) is 13.6. The Balaban J connectivity index is 1.90. The van der Waals surface area contributed by atoms with Gasteiger partial charge in [-0.15, -0.1) is 0 Å². The van der Waals surface area contributed by atoms with Crippen LogP contribution in [-0.4, -0.2) is 16.6 Å². The molecule has 0 saturated heterocycles. The molecule has 6 heteroatoms. The summed E-state index contributed by atoms with van der Waals surface area (Å²) in [6.45, 7) is 1.13. The van der Waals surface area contributed by atoms with Gasteiger partial charge in [-0.1, -0.05) is 6.07 Å². The molecule has 2 heterocycles. The minimum atomic E-state index is -1.09. The summed E-state index contributed by atoms with van der Waals surface area (Å²) in [4.78, 5) is 5.87. The van der Waals surface area contributed by atoms with Crippen LogP contribution in [-0.2, 0) is 6.54 Å². The Hall–Kier alpha value is -2.50. The van der Waals surface area contributed by atoms with Crippen LogP contribution in [0.3, 0.4) is 0 Å². The quantitative estimate of drug-likeness (QED) is 0.942. The van der Waals surface area contributed by atoms with E-state index in [4.69, 9.17) is 0 Å². The lowest BCUT2D eigenvalue weighted by atomic mass is 10.1. The number of nitrogens with one attached hydrogen (secondary N) is 1. The number of pyridine rings is 1. The first-order valence-electron chi connectivity index (χ1n) is 6.38. The molecular weight excluding hydrogens is 279 g/mol. The lowest BCUT2D eigenvalue weighted by molar-refractivity contribution is 0.383. The summed E-state index contributed by atoms with van der Waals surface area (Å²) in [6, 6.07) is 4.90. The molecule has 1 aromatic heterocycles. The Morgan fingerprint density at radius 2 is 2.05 bits per heavy atom. The van der Waals surface area contributed by atoms with Crippen LogP contribution in [0.5, 0.6) is 0 Å². The van der Waals surface area contributed by atoms with E-state index in [1.54, 1.807) is 6.20 Å². The summed E-state index contributed by atoms with van der Waals surface area (Å²) >= 11 is 0. The average Bonchev–Trinajstić information content (AvgIpc) is 2.96. The molecule has 0 saturated carbocycles. The maximum Gasteiger partial charge on any atom is 0.168 e. The second-order valence-electron chi connectivity index (χ2n) is 4.70. The maximum atomic E-state index is 14.1. The summed E-state index contributed by atoms with van der Waals surface area (Å²) < 4.78 is 41.0. The third kappa shape index (κ3) is 2.69. The minimum absolute atomic E-state index is 0.179. The highest BCUT2D eigenvalue weighted by atomic mass is 19.2. The Morgan fingerprint density at radius 3 is 2.76 bits per heavy atom. The van der Waals surface area contributed by atoms with Gasteiger partial charge in [-0.3, -0.25) is 4.98 Å². The van der Waals surface area contributed by atoms with E-state index in [9.17, 15) is 13.2 Å². The fraction of sp³-hybridized carbons (Fsp3) is 0.133. The van der Waals surface area contributed by atoms with Gasteiger partial charge in [0.05, 0.1) is 6.67 Å². The molecule has 0 unspecified atom stereocenters. The molecule has 0 bridgehead atoms. The van der Waals surface area contributed by atoms with E-state index in [-0.39, 0.29) is 11.3 Å². The van der Waals surface area contributed by atoms with E-state index >= 15 is 0 Å². The summed E-state index contributed by atoms with van der Waals surface area (Å²) in [7, 11) is 0. The van der Waals surface area contributed by atoms with Gasteiger partial charge >= 0.3 is 0 Å². The predicted octanol–water partition coefficient (Wildman–Crippen LogP) is 3.00. The van der Waals surface area contributed by atoms with Crippen LogP contribution in [0.4, 0.5) is 13.2 Å². The second kappa shape index (κ2) is 5.47. The van der Waals surface area contributed by atoms with Gasteiger partial charge in [0.2, 0.25) is 0 Å². The number of aromatic nitrogens is 1. The van der Waals surface area contributed by atoms with Crippen molar-refractivity contribution in [3.05, 3.63) is 65.9 Å². The van der Waals surface area contributed by atoms with E-state index in [0.29, 0.717) is 18.8 Å². The molecule has 1 aliphatic heterocycles. The van der Waals surface area contributed by atoms with Crippen LogP contribution in [0.25, 0.3) is 11.3 Å². The fourth-order valence-corrected chi connectivity index (χ4v) is 2.17. The number of nitrogens with zero attached hydrogens (tertiary/aromatic N) is 2.